The van der Waals surface area contributed by atoms with E-state index in [1.807, 2.05) is 6.92 Å². The van der Waals surface area contributed by atoms with Crippen LogP contribution in [0.3, 0.4) is 0 Å². The zero-order chi connectivity index (χ0) is 10.4. The Labute approximate surface area is 82.1 Å². The smallest absolute Gasteiger partial charge is 0.149 e. The minimum absolute atomic E-state index is 0.0509. The first-order valence-electron chi connectivity index (χ1n) is 5.31. The van der Waals surface area contributed by atoms with Gasteiger partial charge in [-0.3, -0.25) is 4.79 Å². The fourth-order valence-corrected chi connectivity index (χ4v) is 1.39. The topological polar surface area (TPSA) is 29.1 Å². The Morgan fingerprint density at radius 1 is 1.23 bits per heavy atom. The summed E-state index contributed by atoms with van der Waals surface area (Å²) in [5.41, 5.74) is 0. The van der Waals surface area contributed by atoms with Crippen LogP contribution < -0.4 is 5.32 Å². The van der Waals surface area contributed by atoms with Crippen molar-refractivity contribution in [1.82, 2.24) is 5.32 Å². The molecule has 2 nitrogen and oxygen atoms in total. The molecule has 13 heavy (non-hydrogen) atoms. The van der Waals surface area contributed by atoms with Crippen molar-refractivity contribution in [3.63, 3.8) is 0 Å². The van der Waals surface area contributed by atoms with E-state index >= 15 is 0 Å². The highest BCUT2D eigenvalue weighted by molar-refractivity contribution is 5.84. The average Bonchev–Trinajstić information content (AvgIpc) is 2.11. The number of ketones is 1. The number of carbonyl (C=O) groups is 1. The van der Waals surface area contributed by atoms with Gasteiger partial charge in [0.2, 0.25) is 0 Å². The number of hydrogen-bond donors (Lipinski definition) is 1. The maximum Gasteiger partial charge on any atom is 0.149 e. The van der Waals surface area contributed by atoms with Crippen LogP contribution in [0.5, 0.6) is 0 Å². The molecule has 0 fully saturated rings. The molecule has 0 amide bonds. The van der Waals surface area contributed by atoms with Crippen molar-refractivity contribution in [2.75, 3.05) is 0 Å². The summed E-state index contributed by atoms with van der Waals surface area (Å²) in [7, 11) is 0. The van der Waals surface area contributed by atoms with Crippen LogP contribution in [0.1, 0.15) is 47.5 Å². The largest absolute Gasteiger partial charge is 0.305 e. The Morgan fingerprint density at radius 3 is 2.08 bits per heavy atom. The fourth-order valence-electron chi connectivity index (χ4n) is 1.39. The minimum atomic E-state index is 0.0509. The van der Waals surface area contributed by atoms with Gasteiger partial charge in [-0.15, -0.1) is 0 Å². The summed E-state index contributed by atoms with van der Waals surface area (Å²) in [5, 5.41) is 3.33. The second kappa shape index (κ2) is 6.14. The second-order valence-corrected chi connectivity index (χ2v) is 4.00. The van der Waals surface area contributed by atoms with Crippen LogP contribution in [0.4, 0.5) is 0 Å². The van der Waals surface area contributed by atoms with Crippen molar-refractivity contribution in [2.45, 2.75) is 59.5 Å². The molecule has 0 bridgehead atoms. The predicted molar refractivity (Wildman–Crippen MR) is 56.8 cm³/mol. The zero-order valence-electron chi connectivity index (χ0n) is 9.55. The van der Waals surface area contributed by atoms with Gasteiger partial charge in [-0.05, 0) is 5.92 Å². The van der Waals surface area contributed by atoms with E-state index in [9.17, 15) is 4.79 Å². The normalized spacial score (nSPS) is 15.8. The summed E-state index contributed by atoms with van der Waals surface area (Å²) in [4.78, 5) is 11.6. The number of nitrogens with one attached hydrogen (secondary N) is 1. The molecule has 0 radical (unpaired) electrons. The molecule has 0 aromatic carbocycles. The molecule has 2 atom stereocenters. The predicted octanol–water partition coefficient (Wildman–Crippen LogP) is 2.38. The number of hydrogen-bond acceptors (Lipinski definition) is 2. The molecule has 0 heterocycles. The first kappa shape index (κ1) is 12.6. The van der Waals surface area contributed by atoms with Crippen LogP contribution >= 0.6 is 0 Å². The van der Waals surface area contributed by atoms with Crippen LogP contribution in [-0.2, 0) is 4.79 Å². The van der Waals surface area contributed by atoms with E-state index in [4.69, 9.17) is 0 Å². The SMILES string of the molecule is CCC(=O)[C@H](NC(C)C)C(C)CC. The number of carbonyl (C=O) groups excluding carboxylic acids is 1. The van der Waals surface area contributed by atoms with Crippen molar-refractivity contribution in [1.29, 1.82) is 0 Å². The van der Waals surface area contributed by atoms with Gasteiger partial charge in [0.25, 0.3) is 0 Å². The summed E-state index contributed by atoms with van der Waals surface area (Å²) >= 11 is 0. The maximum absolute atomic E-state index is 11.6. The van der Waals surface area contributed by atoms with Crippen LogP contribution in [-0.4, -0.2) is 17.9 Å². The molecule has 0 spiro atoms. The highest BCUT2D eigenvalue weighted by Gasteiger charge is 2.22. The summed E-state index contributed by atoms with van der Waals surface area (Å²) in [5.74, 6) is 0.776. The Bertz CT molecular complexity index is 154. The van der Waals surface area contributed by atoms with Gasteiger partial charge in [0.15, 0.2) is 0 Å². The molecule has 1 N–H and O–H groups in total. The van der Waals surface area contributed by atoms with Crippen molar-refractivity contribution in [2.24, 2.45) is 5.92 Å². The monoisotopic (exact) mass is 185 g/mol. The highest BCUT2D eigenvalue weighted by Crippen LogP contribution is 2.10. The zero-order valence-corrected chi connectivity index (χ0v) is 9.55. The Morgan fingerprint density at radius 2 is 1.77 bits per heavy atom. The molecule has 0 aliphatic rings. The van der Waals surface area contributed by atoms with E-state index in [1.165, 1.54) is 0 Å². The molecular formula is C11H23NO. The van der Waals surface area contributed by atoms with Gasteiger partial charge in [0.1, 0.15) is 5.78 Å². The summed E-state index contributed by atoms with van der Waals surface area (Å²) in [6.07, 6.45) is 1.69. The van der Waals surface area contributed by atoms with Gasteiger partial charge in [0.05, 0.1) is 6.04 Å². The maximum atomic E-state index is 11.6. The number of Topliss-reactive ketones (excluding diaryl/α,β-unsaturated/α-hetero) is 1. The lowest BCUT2D eigenvalue weighted by molar-refractivity contribution is -0.122. The van der Waals surface area contributed by atoms with E-state index in [0.29, 0.717) is 24.2 Å². The molecule has 0 aliphatic heterocycles. The molecule has 78 valence electrons. The lowest BCUT2D eigenvalue weighted by Crippen LogP contribution is -2.44. The molecule has 0 aromatic rings. The van der Waals surface area contributed by atoms with Gasteiger partial charge < -0.3 is 5.32 Å². The number of rotatable bonds is 6. The second-order valence-electron chi connectivity index (χ2n) is 4.00. The average molecular weight is 185 g/mol. The molecule has 2 heteroatoms. The standard InChI is InChI=1S/C11H23NO/c1-6-9(5)11(10(13)7-2)12-8(3)4/h8-9,11-12H,6-7H2,1-5H3/t9?,11-/m1/s1. The summed E-state index contributed by atoms with van der Waals surface area (Å²) in [6, 6.07) is 0.435. The van der Waals surface area contributed by atoms with Crippen molar-refractivity contribution >= 4 is 5.78 Å². The quantitative estimate of drug-likeness (QED) is 0.688. The first-order valence-corrected chi connectivity index (χ1v) is 5.31. The van der Waals surface area contributed by atoms with Gasteiger partial charge in [-0.25, -0.2) is 0 Å². The van der Waals surface area contributed by atoms with Crippen molar-refractivity contribution < 1.29 is 4.79 Å². The van der Waals surface area contributed by atoms with Gasteiger partial charge in [0, 0.05) is 12.5 Å². The third kappa shape index (κ3) is 4.41. The van der Waals surface area contributed by atoms with E-state index in [0.717, 1.165) is 6.42 Å². The van der Waals surface area contributed by atoms with Crippen molar-refractivity contribution in [3.05, 3.63) is 0 Å². The van der Waals surface area contributed by atoms with E-state index in [-0.39, 0.29) is 6.04 Å². The lowest BCUT2D eigenvalue weighted by atomic mass is 9.93. The van der Waals surface area contributed by atoms with Crippen LogP contribution in [0, 0.1) is 5.92 Å². The Kier molecular flexibility index (Phi) is 5.97. The lowest BCUT2D eigenvalue weighted by Gasteiger charge is -2.24. The first-order chi connectivity index (χ1) is 6.02. The third-order valence-corrected chi connectivity index (χ3v) is 2.42. The van der Waals surface area contributed by atoms with E-state index in [1.54, 1.807) is 0 Å². The summed E-state index contributed by atoms with van der Waals surface area (Å²) in [6.45, 7) is 10.4. The van der Waals surface area contributed by atoms with Gasteiger partial charge >= 0.3 is 0 Å². The molecular weight excluding hydrogens is 162 g/mol. The molecule has 0 saturated carbocycles. The van der Waals surface area contributed by atoms with E-state index < -0.39 is 0 Å². The molecule has 0 aromatic heterocycles. The van der Waals surface area contributed by atoms with E-state index in [2.05, 4.69) is 33.0 Å². The Balaban J connectivity index is 4.26. The van der Waals surface area contributed by atoms with Gasteiger partial charge in [-0.2, -0.15) is 0 Å². The molecule has 1 unspecified atom stereocenters. The highest BCUT2D eigenvalue weighted by atomic mass is 16.1. The third-order valence-electron chi connectivity index (χ3n) is 2.42. The van der Waals surface area contributed by atoms with Crippen LogP contribution in [0.25, 0.3) is 0 Å². The van der Waals surface area contributed by atoms with Crippen molar-refractivity contribution in [3.8, 4) is 0 Å². The van der Waals surface area contributed by atoms with Gasteiger partial charge in [-0.1, -0.05) is 41.0 Å². The minimum Gasteiger partial charge on any atom is -0.305 e. The van der Waals surface area contributed by atoms with Crippen LogP contribution in [0.2, 0.25) is 0 Å². The fraction of sp³-hybridized carbons (Fsp3) is 0.909. The Hall–Kier alpha value is -0.370. The summed E-state index contributed by atoms with van der Waals surface area (Å²) < 4.78 is 0. The van der Waals surface area contributed by atoms with Crippen LogP contribution in [0.15, 0.2) is 0 Å². The molecule has 0 rings (SSSR count). The molecule has 0 saturated heterocycles. The molecule has 0 aliphatic carbocycles.